The fraction of sp³-hybridized carbons (Fsp3) is 0.136. The largest absolute Gasteiger partial charge is 1.00 e. The Balaban J connectivity index is 0.00000280. The summed E-state index contributed by atoms with van der Waals surface area (Å²) in [4.78, 5) is 12.1. The van der Waals surface area contributed by atoms with Gasteiger partial charge in [0.15, 0.2) is 0 Å². The molecular weight excluding hydrogens is 420 g/mol. The molecule has 0 aliphatic rings. The van der Waals surface area contributed by atoms with Crippen molar-refractivity contribution < 1.29 is 37.0 Å². The van der Waals surface area contributed by atoms with E-state index in [1.54, 1.807) is 12.1 Å². The number of rotatable bonds is 7. The van der Waals surface area contributed by atoms with Gasteiger partial charge >= 0.3 is 6.09 Å². The van der Waals surface area contributed by atoms with Crippen molar-refractivity contribution in [2.45, 2.75) is 12.7 Å². The number of hydrogen-bond donors (Lipinski definition) is 2. The lowest BCUT2D eigenvalue weighted by atomic mass is 10.1. The predicted octanol–water partition coefficient (Wildman–Crippen LogP) is 0.477. The van der Waals surface area contributed by atoms with Gasteiger partial charge in [0, 0.05) is 5.69 Å². The van der Waals surface area contributed by atoms with Crippen LogP contribution in [-0.2, 0) is 11.2 Å². The van der Waals surface area contributed by atoms with E-state index in [4.69, 9.17) is 9.47 Å². The zero-order valence-corrected chi connectivity index (χ0v) is 17.0. The summed E-state index contributed by atoms with van der Waals surface area (Å²) in [6.07, 6.45) is -0.472. The van der Waals surface area contributed by atoms with Crippen molar-refractivity contribution in [1.29, 1.82) is 0 Å². The number of hydrogen-bond acceptors (Lipinski definition) is 3. The average molecular weight is 443 g/mol. The van der Waals surface area contributed by atoms with Crippen LogP contribution < -0.4 is 32.8 Å². The summed E-state index contributed by atoms with van der Waals surface area (Å²) in [6, 6.07) is 27.1. The smallest absolute Gasteiger partial charge is 0.414 e. The zero-order valence-electron chi connectivity index (χ0n) is 15.4. The van der Waals surface area contributed by atoms with Crippen molar-refractivity contribution in [3.05, 3.63) is 96.1 Å². The Labute approximate surface area is 175 Å². The van der Waals surface area contributed by atoms with Crippen LogP contribution in [0.5, 0.6) is 5.75 Å². The Morgan fingerprint density at radius 3 is 2.04 bits per heavy atom. The van der Waals surface area contributed by atoms with Crippen LogP contribution in [0.4, 0.5) is 10.5 Å². The molecule has 0 spiro atoms. The van der Waals surface area contributed by atoms with Gasteiger partial charge in [-0.3, -0.25) is 5.32 Å². The van der Waals surface area contributed by atoms with Crippen molar-refractivity contribution >= 4 is 11.8 Å². The first kappa shape index (κ1) is 21.5. The van der Waals surface area contributed by atoms with Crippen molar-refractivity contribution in [3.63, 3.8) is 0 Å². The van der Waals surface area contributed by atoms with E-state index in [9.17, 15) is 4.79 Å². The van der Waals surface area contributed by atoms with Crippen molar-refractivity contribution in [2.75, 3.05) is 11.9 Å². The number of ether oxygens (including phenoxy) is 2. The summed E-state index contributed by atoms with van der Waals surface area (Å²) in [5.74, 6) is 0.629. The second kappa shape index (κ2) is 11.1. The quantitative estimate of drug-likeness (QED) is 0.522. The lowest BCUT2D eigenvalue weighted by molar-refractivity contribution is -0.397. The van der Waals surface area contributed by atoms with Crippen LogP contribution in [0.2, 0.25) is 0 Å². The van der Waals surface area contributed by atoms with E-state index in [-0.39, 0.29) is 17.0 Å². The lowest BCUT2D eigenvalue weighted by Crippen LogP contribution is -3.00. The molecule has 0 radical (unpaired) electrons. The van der Waals surface area contributed by atoms with Crippen LogP contribution in [0.15, 0.2) is 84.9 Å². The fourth-order valence-electron chi connectivity index (χ4n) is 2.60. The van der Waals surface area contributed by atoms with Crippen LogP contribution in [-0.4, -0.2) is 18.9 Å². The number of carbonyl (C=O) groups excluding carboxylic acids is 1. The summed E-state index contributed by atoms with van der Waals surface area (Å²) in [5.41, 5.74) is 6.84. The number of amides is 1. The standard InChI is InChI=1S/C22H22N2O3.BrH/c23-16-21(26-20-9-5-2-6-10-20)27-22(25)24-19-13-11-18(12-14-19)15-17-7-3-1-4-8-17;/h1-14,21H,15-16,23H2,(H,24,25);1H/t21-;/m1./s1. The maximum Gasteiger partial charge on any atom is 0.414 e. The second-order valence-corrected chi connectivity index (χ2v) is 6.04. The van der Waals surface area contributed by atoms with Gasteiger partial charge < -0.3 is 32.2 Å². The van der Waals surface area contributed by atoms with Gasteiger partial charge in [-0.25, -0.2) is 4.79 Å². The molecule has 28 heavy (non-hydrogen) atoms. The molecule has 0 saturated carbocycles. The van der Waals surface area contributed by atoms with Gasteiger partial charge in [-0.1, -0.05) is 60.7 Å². The normalized spacial score (nSPS) is 11.0. The van der Waals surface area contributed by atoms with Crippen molar-refractivity contribution in [2.24, 2.45) is 0 Å². The number of para-hydroxylation sites is 1. The maximum atomic E-state index is 12.1. The third-order valence-electron chi connectivity index (χ3n) is 3.94. The highest BCUT2D eigenvalue weighted by Gasteiger charge is 2.16. The molecule has 5 nitrogen and oxygen atoms in total. The van der Waals surface area contributed by atoms with Gasteiger partial charge in [0.2, 0.25) is 0 Å². The van der Waals surface area contributed by atoms with Crippen molar-refractivity contribution in [1.82, 2.24) is 0 Å². The second-order valence-electron chi connectivity index (χ2n) is 6.04. The van der Waals surface area contributed by atoms with Crippen LogP contribution in [0.1, 0.15) is 11.1 Å². The molecule has 3 aromatic rings. The molecule has 1 amide bonds. The Kier molecular flexibility index (Phi) is 8.52. The molecule has 3 aromatic carbocycles. The summed E-state index contributed by atoms with van der Waals surface area (Å²) in [7, 11) is 0. The van der Waals surface area contributed by atoms with E-state index in [0.717, 1.165) is 6.42 Å². The first-order valence-electron chi connectivity index (χ1n) is 8.84. The molecule has 0 fully saturated rings. The van der Waals surface area contributed by atoms with Crippen LogP contribution in [0.25, 0.3) is 0 Å². The van der Waals surface area contributed by atoms with Gasteiger partial charge in [-0.15, -0.1) is 0 Å². The Morgan fingerprint density at radius 1 is 0.857 bits per heavy atom. The van der Waals surface area contributed by atoms with E-state index in [0.29, 0.717) is 18.0 Å². The number of benzene rings is 3. The highest BCUT2D eigenvalue weighted by molar-refractivity contribution is 5.84. The minimum Gasteiger partial charge on any atom is -1.00 e. The summed E-state index contributed by atoms with van der Waals surface area (Å²) in [6.45, 7) is 0.304. The van der Waals surface area contributed by atoms with Crippen LogP contribution in [0.3, 0.4) is 0 Å². The molecule has 3 rings (SSSR count). The highest BCUT2D eigenvalue weighted by Crippen LogP contribution is 2.15. The van der Waals surface area contributed by atoms with Crippen LogP contribution in [0, 0.1) is 0 Å². The molecule has 0 heterocycles. The van der Waals surface area contributed by atoms with Crippen molar-refractivity contribution in [3.8, 4) is 5.75 Å². The van der Waals surface area contributed by atoms with Gasteiger partial charge in [0.05, 0.1) is 0 Å². The monoisotopic (exact) mass is 442 g/mol. The van der Waals surface area contributed by atoms with Gasteiger partial charge in [0.25, 0.3) is 6.29 Å². The minimum atomic E-state index is -0.746. The number of quaternary nitrogens is 1. The third-order valence-corrected chi connectivity index (χ3v) is 3.94. The molecule has 0 unspecified atom stereocenters. The fourth-order valence-corrected chi connectivity index (χ4v) is 2.60. The first-order chi connectivity index (χ1) is 13.2. The number of nitrogens with one attached hydrogen (secondary N) is 1. The molecule has 0 bridgehead atoms. The molecule has 0 aromatic heterocycles. The lowest BCUT2D eigenvalue weighted by Gasteiger charge is -2.16. The molecule has 146 valence electrons. The molecule has 0 aliphatic heterocycles. The summed E-state index contributed by atoms with van der Waals surface area (Å²) in [5, 5.41) is 2.71. The van der Waals surface area contributed by atoms with E-state index in [2.05, 4.69) is 23.2 Å². The van der Waals surface area contributed by atoms with E-state index >= 15 is 0 Å². The summed E-state index contributed by atoms with van der Waals surface area (Å²) >= 11 is 0. The van der Waals surface area contributed by atoms with E-state index in [1.165, 1.54) is 11.1 Å². The average Bonchev–Trinajstić information content (AvgIpc) is 2.70. The van der Waals surface area contributed by atoms with Gasteiger partial charge in [-0.05, 0) is 41.8 Å². The maximum absolute atomic E-state index is 12.1. The number of carbonyl (C=O) groups is 1. The minimum absolute atomic E-state index is 0. The van der Waals surface area contributed by atoms with Crippen LogP contribution >= 0.6 is 0 Å². The molecular formula is C22H23BrN2O3. The Morgan fingerprint density at radius 2 is 1.43 bits per heavy atom. The Bertz CT molecular complexity index is 843. The number of anilines is 1. The molecule has 0 aliphatic carbocycles. The topological polar surface area (TPSA) is 75.2 Å². The van der Waals surface area contributed by atoms with E-state index < -0.39 is 12.4 Å². The number of halogens is 1. The van der Waals surface area contributed by atoms with Gasteiger partial charge in [0.1, 0.15) is 12.3 Å². The van der Waals surface area contributed by atoms with Gasteiger partial charge in [-0.2, -0.15) is 0 Å². The molecule has 4 N–H and O–H groups in total. The SMILES string of the molecule is [Br-].[NH3+]C[C@@H](OC(=O)Nc1ccc(Cc2ccccc2)cc1)Oc1ccccc1. The first-order valence-corrected chi connectivity index (χ1v) is 8.84. The summed E-state index contributed by atoms with van der Waals surface area (Å²) < 4.78 is 10.9. The molecule has 0 saturated heterocycles. The van der Waals surface area contributed by atoms with E-state index in [1.807, 2.05) is 60.7 Å². The molecule has 6 heteroatoms. The Hall–Kier alpha value is -2.83. The highest BCUT2D eigenvalue weighted by atomic mass is 79.9. The molecule has 1 atom stereocenters. The predicted molar refractivity (Wildman–Crippen MR) is 104 cm³/mol. The zero-order chi connectivity index (χ0) is 18.9. The third kappa shape index (κ3) is 6.72.